The summed E-state index contributed by atoms with van der Waals surface area (Å²) in [6.07, 6.45) is 3.04. The van der Waals surface area contributed by atoms with Crippen molar-refractivity contribution < 1.29 is 0 Å². The Labute approximate surface area is 128 Å². The van der Waals surface area contributed by atoms with E-state index >= 15 is 0 Å². The zero-order valence-electron chi connectivity index (χ0n) is 13.7. The monoisotopic (exact) mass is 285 g/mol. The lowest BCUT2D eigenvalue weighted by atomic mass is 9.87. The maximum Gasteiger partial charge on any atom is 0.0663 e. The third-order valence-electron chi connectivity index (χ3n) is 3.69. The Morgan fingerprint density at radius 3 is 2.43 bits per heavy atom. The minimum Gasteiger partial charge on any atom is -0.311 e. The second-order valence-electron chi connectivity index (χ2n) is 6.60. The number of rotatable bonds is 6. The first-order chi connectivity index (χ1) is 10.0. The van der Waals surface area contributed by atoms with Crippen LogP contribution in [-0.2, 0) is 18.5 Å². The first kappa shape index (κ1) is 15.8. The largest absolute Gasteiger partial charge is 0.311 e. The Kier molecular flexibility index (Phi) is 5.18. The van der Waals surface area contributed by atoms with Gasteiger partial charge in [0.1, 0.15) is 0 Å². The Morgan fingerprint density at radius 1 is 1.10 bits per heavy atom. The Morgan fingerprint density at radius 2 is 1.81 bits per heavy atom. The van der Waals surface area contributed by atoms with Crippen molar-refractivity contribution >= 4 is 0 Å². The summed E-state index contributed by atoms with van der Waals surface area (Å²) in [6.45, 7) is 11.7. The molecule has 0 amide bonds. The third kappa shape index (κ3) is 4.43. The molecule has 0 unspecified atom stereocenters. The van der Waals surface area contributed by atoms with Crippen LogP contribution in [0.25, 0.3) is 0 Å². The average molecular weight is 285 g/mol. The van der Waals surface area contributed by atoms with Crippen LogP contribution in [0.1, 0.15) is 50.9 Å². The minimum absolute atomic E-state index is 0.208. The van der Waals surface area contributed by atoms with Crippen molar-refractivity contribution in [3.63, 3.8) is 0 Å². The molecule has 1 aromatic carbocycles. The lowest BCUT2D eigenvalue weighted by Crippen LogP contribution is -2.18. The summed E-state index contributed by atoms with van der Waals surface area (Å²) in [5.74, 6) is 0. The van der Waals surface area contributed by atoms with Crippen LogP contribution >= 0.6 is 0 Å². The summed E-state index contributed by atoms with van der Waals surface area (Å²) in [4.78, 5) is 0. The lowest BCUT2D eigenvalue weighted by molar-refractivity contribution is 0.585. The number of hydrogen-bond acceptors (Lipinski definition) is 2. The Balaban J connectivity index is 2.03. The van der Waals surface area contributed by atoms with Crippen LogP contribution in [0.5, 0.6) is 0 Å². The van der Waals surface area contributed by atoms with E-state index in [9.17, 15) is 0 Å². The Bertz CT molecular complexity index is 547. The maximum atomic E-state index is 4.44. The zero-order valence-corrected chi connectivity index (χ0v) is 13.7. The van der Waals surface area contributed by atoms with E-state index in [0.717, 1.165) is 26.1 Å². The van der Waals surface area contributed by atoms with E-state index in [-0.39, 0.29) is 5.41 Å². The van der Waals surface area contributed by atoms with Crippen LogP contribution in [0.2, 0.25) is 0 Å². The van der Waals surface area contributed by atoms with Crippen molar-refractivity contribution in [2.24, 2.45) is 0 Å². The van der Waals surface area contributed by atoms with Crippen LogP contribution in [0.15, 0.2) is 36.5 Å². The molecular weight excluding hydrogens is 258 g/mol. The molecule has 3 heteroatoms. The fraction of sp³-hybridized carbons (Fsp3) is 0.500. The first-order valence-electron chi connectivity index (χ1n) is 7.81. The predicted octanol–water partition coefficient (Wildman–Crippen LogP) is 3.73. The van der Waals surface area contributed by atoms with Crippen molar-refractivity contribution in [2.45, 2.75) is 52.6 Å². The van der Waals surface area contributed by atoms with E-state index in [0.29, 0.717) is 0 Å². The van der Waals surface area contributed by atoms with Gasteiger partial charge in [-0.25, -0.2) is 0 Å². The highest BCUT2D eigenvalue weighted by Gasteiger charge is 2.13. The minimum atomic E-state index is 0.208. The van der Waals surface area contributed by atoms with Crippen LogP contribution < -0.4 is 5.32 Å². The molecule has 114 valence electrons. The molecule has 1 aromatic heterocycles. The van der Waals surface area contributed by atoms with Crippen LogP contribution in [0.4, 0.5) is 0 Å². The molecule has 0 aliphatic carbocycles. The maximum absolute atomic E-state index is 4.44. The van der Waals surface area contributed by atoms with Crippen molar-refractivity contribution in [1.82, 2.24) is 15.1 Å². The first-order valence-corrected chi connectivity index (χ1v) is 7.81. The number of benzene rings is 1. The molecule has 3 nitrogen and oxygen atoms in total. The molecule has 0 aliphatic heterocycles. The van der Waals surface area contributed by atoms with Crippen LogP contribution in [0.3, 0.4) is 0 Å². The van der Waals surface area contributed by atoms with E-state index in [1.54, 1.807) is 0 Å². The van der Waals surface area contributed by atoms with E-state index < -0.39 is 0 Å². The molecule has 1 N–H and O–H groups in total. The molecule has 21 heavy (non-hydrogen) atoms. The third-order valence-corrected chi connectivity index (χ3v) is 3.69. The number of nitrogens with zero attached hydrogens (tertiary/aromatic N) is 2. The van der Waals surface area contributed by atoms with E-state index in [2.05, 4.69) is 73.1 Å². The summed E-state index contributed by atoms with van der Waals surface area (Å²) in [6, 6.07) is 11.0. The van der Waals surface area contributed by atoms with Gasteiger partial charge in [0.15, 0.2) is 0 Å². The number of nitrogens with one attached hydrogen (secondary N) is 1. The summed E-state index contributed by atoms with van der Waals surface area (Å²) >= 11 is 0. The van der Waals surface area contributed by atoms with Gasteiger partial charge in [-0.1, -0.05) is 52.0 Å². The average Bonchev–Trinajstić information content (AvgIpc) is 2.86. The van der Waals surface area contributed by atoms with Gasteiger partial charge in [0.05, 0.1) is 12.2 Å². The number of aromatic nitrogens is 2. The molecule has 0 aliphatic rings. The lowest BCUT2D eigenvalue weighted by Gasteiger charge is -2.19. The highest BCUT2D eigenvalue weighted by atomic mass is 15.3. The summed E-state index contributed by atoms with van der Waals surface area (Å²) < 4.78 is 2.08. The molecule has 2 rings (SSSR count). The van der Waals surface area contributed by atoms with E-state index in [1.807, 2.05) is 6.20 Å². The second-order valence-corrected chi connectivity index (χ2v) is 6.60. The van der Waals surface area contributed by atoms with Gasteiger partial charge in [0.2, 0.25) is 0 Å². The van der Waals surface area contributed by atoms with Gasteiger partial charge in [-0.3, -0.25) is 4.68 Å². The predicted molar refractivity (Wildman–Crippen MR) is 88.5 cm³/mol. The van der Waals surface area contributed by atoms with Gasteiger partial charge in [-0.05, 0) is 35.6 Å². The van der Waals surface area contributed by atoms with E-state index in [4.69, 9.17) is 0 Å². The normalized spacial score (nSPS) is 11.8. The smallest absolute Gasteiger partial charge is 0.0663 e. The molecule has 0 saturated heterocycles. The zero-order chi connectivity index (χ0) is 15.3. The number of hydrogen-bond donors (Lipinski definition) is 1. The summed E-state index contributed by atoms with van der Waals surface area (Å²) in [7, 11) is 0. The summed E-state index contributed by atoms with van der Waals surface area (Å²) in [5.41, 5.74) is 4.11. The highest BCUT2D eigenvalue weighted by molar-refractivity contribution is 5.27. The van der Waals surface area contributed by atoms with Crippen LogP contribution in [-0.4, -0.2) is 16.3 Å². The van der Waals surface area contributed by atoms with Crippen molar-refractivity contribution in [2.75, 3.05) is 6.54 Å². The van der Waals surface area contributed by atoms with Gasteiger partial charge < -0.3 is 5.32 Å². The molecule has 0 spiro atoms. The van der Waals surface area contributed by atoms with Gasteiger partial charge in [0.25, 0.3) is 0 Å². The van der Waals surface area contributed by atoms with Crippen LogP contribution in [0, 0.1) is 0 Å². The van der Waals surface area contributed by atoms with Gasteiger partial charge in [-0.15, -0.1) is 0 Å². The van der Waals surface area contributed by atoms with Crippen molar-refractivity contribution in [3.05, 3.63) is 53.3 Å². The van der Waals surface area contributed by atoms with Gasteiger partial charge in [-0.2, -0.15) is 5.10 Å². The van der Waals surface area contributed by atoms with E-state index in [1.165, 1.54) is 16.8 Å². The quantitative estimate of drug-likeness (QED) is 0.820. The molecule has 2 aromatic rings. The van der Waals surface area contributed by atoms with Gasteiger partial charge >= 0.3 is 0 Å². The highest BCUT2D eigenvalue weighted by Crippen LogP contribution is 2.22. The fourth-order valence-electron chi connectivity index (χ4n) is 2.33. The molecule has 0 atom stereocenters. The molecular formula is C18H27N3. The Hall–Kier alpha value is -1.61. The summed E-state index contributed by atoms with van der Waals surface area (Å²) in [5, 5.41) is 7.87. The van der Waals surface area contributed by atoms with Crippen molar-refractivity contribution in [1.29, 1.82) is 0 Å². The second kappa shape index (κ2) is 6.90. The molecule has 0 fully saturated rings. The fourth-order valence-corrected chi connectivity index (χ4v) is 2.33. The topological polar surface area (TPSA) is 29.9 Å². The SMILES string of the molecule is CCCNCc1ccnn1Cc1ccc(C(C)(C)C)cc1. The molecule has 0 radical (unpaired) electrons. The standard InChI is InChI=1S/C18H27N3/c1-5-11-19-13-17-10-12-20-21(17)14-15-6-8-16(9-7-15)18(2,3)4/h6-10,12,19H,5,11,13-14H2,1-4H3. The van der Waals surface area contributed by atoms with Crippen molar-refractivity contribution in [3.8, 4) is 0 Å². The molecule has 0 saturated carbocycles. The molecule has 1 heterocycles. The molecule has 0 bridgehead atoms. The van der Waals surface area contributed by atoms with Gasteiger partial charge in [0, 0.05) is 12.7 Å².